The Hall–Kier alpha value is -1.12. The first-order chi connectivity index (χ1) is 3.88. The summed E-state index contributed by atoms with van der Waals surface area (Å²) in [6.45, 7) is 0. The standard InChI is InChI=1S/C5H5NO2/c1-8-5-2-6-4(5)3-7/h2-3H,1H3. The van der Waals surface area contributed by atoms with Gasteiger partial charge in [0.2, 0.25) is 0 Å². The van der Waals surface area contributed by atoms with Gasteiger partial charge in [-0.2, -0.15) is 0 Å². The van der Waals surface area contributed by atoms with Crippen LogP contribution in [0.3, 0.4) is 0 Å². The maximum atomic E-state index is 9.90. The summed E-state index contributed by atoms with van der Waals surface area (Å²) in [6, 6.07) is 0. The molecule has 0 atom stereocenters. The zero-order chi connectivity index (χ0) is 5.98. The van der Waals surface area contributed by atoms with Crippen molar-refractivity contribution < 1.29 is 9.53 Å². The van der Waals surface area contributed by atoms with Crippen LogP contribution in [0.15, 0.2) is 16.4 Å². The van der Waals surface area contributed by atoms with Crippen molar-refractivity contribution in [3.63, 3.8) is 0 Å². The maximum Gasteiger partial charge on any atom is 0.172 e. The lowest BCUT2D eigenvalue weighted by Gasteiger charge is -2.06. The molecule has 8 heavy (non-hydrogen) atoms. The Bertz CT molecular complexity index is 165. The predicted octanol–water partition coefficient (Wildman–Crippen LogP) is 0.128. The van der Waals surface area contributed by atoms with Crippen molar-refractivity contribution in [2.45, 2.75) is 0 Å². The molecule has 3 nitrogen and oxygen atoms in total. The van der Waals surface area contributed by atoms with Gasteiger partial charge < -0.3 is 4.74 Å². The minimum atomic E-state index is 0.396. The van der Waals surface area contributed by atoms with Crippen molar-refractivity contribution in [1.29, 1.82) is 0 Å². The van der Waals surface area contributed by atoms with E-state index in [1.54, 1.807) is 0 Å². The van der Waals surface area contributed by atoms with Gasteiger partial charge in [-0.05, 0) is 0 Å². The van der Waals surface area contributed by atoms with Crippen LogP contribution < -0.4 is 0 Å². The molecule has 42 valence electrons. The van der Waals surface area contributed by atoms with E-state index < -0.39 is 0 Å². The van der Waals surface area contributed by atoms with Gasteiger partial charge in [-0.3, -0.25) is 4.79 Å². The first kappa shape index (κ1) is 5.03. The fourth-order valence-corrected chi connectivity index (χ4v) is 0.438. The van der Waals surface area contributed by atoms with Crippen molar-refractivity contribution in [3.05, 3.63) is 11.5 Å². The molecule has 0 amide bonds. The Kier molecular flexibility index (Phi) is 1.12. The third-order valence-electron chi connectivity index (χ3n) is 0.905. The minimum absolute atomic E-state index is 0.396. The van der Waals surface area contributed by atoms with Crippen molar-refractivity contribution in [3.8, 4) is 0 Å². The second kappa shape index (κ2) is 1.78. The van der Waals surface area contributed by atoms with Crippen LogP contribution in [0.4, 0.5) is 0 Å². The summed E-state index contributed by atoms with van der Waals surface area (Å²) < 4.78 is 4.69. The van der Waals surface area contributed by atoms with E-state index in [4.69, 9.17) is 0 Å². The number of carbonyl (C=O) groups is 1. The highest BCUT2D eigenvalue weighted by Gasteiger charge is 2.09. The average molecular weight is 111 g/mol. The SMILES string of the molecule is COC1=C(C=O)N=C1. The highest BCUT2D eigenvalue weighted by molar-refractivity contribution is 5.95. The maximum absolute atomic E-state index is 9.90. The first-order valence-corrected chi connectivity index (χ1v) is 2.16. The molecule has 1 aliphatic rings. The molecule has 3 heteroatoms. The van der Waals surface area contributed by atoms with Crippen molar-refractivity contribution >= 4 is 12.5 Å². The van der Waals surface area contributed by atoms with Crippen molar-refractivity contribution in [2.24, 2.45) is 4.99 Å². The molecule has 0 aromatic carbocycles. The highest BCUT2D eigenvalue weighted by atomic mass is 16.5. The third-order valence-corrected chi connectivity index (χ3v) is 0.905. The molecule has 0 bridgehead atoms. The molecule has 1 aliphatic heterocycles. The predicted molar refractivity (Wildman–Crippen MR) is 28.6 cm³/mol. The topological polar surface area (TPSA) is 38.7 Å². The van der Waals surface area contributed by atoms with Gasteiger partial charge in [0.05, 0.1) is 13.3 Å². The number of ether oxygens (including phenoxy) is 1. The van der Waals surface area contributed by atoms with E-state index in [-0.39, 0.29) is 0 Å². The normalized spacial score (nSPS) is 15.6. The van der Waals surface area contributed by atoms with Crippen LogP contribution in [0, 0.1) is 0 Å². The Morgan fingerprint density at radius 2 is 2.62 bits per heavy atom. The van der Waals surface area contributed by atoms with E-state index in [2.05, 4.69) is 9.73 Å². The largest absolute Gasteiger partial charge is 0.493 e. The summed E-state index contributed by atoms with van der Waals surface area (Å²) in [7, 11) is 1.50. The summed E-state index contributed by atoms with van der Waals surface area (Å²) in [4.78, 5) is 13.5. The fraction of sp³-hybridized carbons (Fsp3) is 0.200. The summed E-state index contributed by atoms with van der Waals surface area (Å²) in [5.74, 6) is 0.569. The number of carbonyl (C=O) groups excluding carboxylic acids is 1. The number of hydrogen-bond acceptors (Lipinski definition) is 3. The Morgan fingerprint density at radius 1 is 1.88 bits per heavy atom. The van der Waals surface area contributed by atoms with Crippen molar-refractivity contribution in [2.75, 3.05) is 7.11 Å². The third kappa shape index (κ3) is 0.521. The molecule has 0 aliphatic carbocycles. The zero-order valence-corrected chi connectivity index (χ0v) is 4.42. The Morgan fingerprint density at radius 3 is 2.75 bits per heavy atom. The molecular weight excluding hydrogens is 106 g/mol. The van der Waals surface area contributed by atoms with E-state index in [0.29, 0.717) is 17.7 Å². The lowest BCUT2D eigenvalue weighted by molar-refractivity contribution is -0.105. The summed E-state index contributed by atoms with van der Waals surface area (Å²) in [6.07, 6.45) is 2.17. The Balaban J connectivity index is 2.64. The number of nitrogens with zero attached hydrogens (tertiary/aromatic N) is 1. The fourth-order valence-electron chi connectivity index (χ4n) is 0.438. The molecule has 0 aromatic rings. The van der Waals surface area contributed by atoms with Gasteiger partial charge >= 0.3 is 0 Å². The van der Waals surface area contributed by atoms with Crippen LogP contribution in [0.1, 0.15) is 0 Å². The lowest BCUT2D eigenvalue weighted by Crippen LogP contribution is -2.03. The summed E-state index contributed by atoms with van der Waals surface area (Å²) >= 11 is 0. The molecule has 0 aromatic heterocycles. The number of hydrogen-bond donors (Lipinski definition) is 0. The zero-order valence-electron chi connectivity index (χ0n) is 4.42. The molecule has 1 heterocycles. The molecule has 0 fully saturated rings. The van der Waals surface area contributed by atoms with Crippen LogP contribution >= 0.6 is 0 Å². The van der Waals surface area contributed by atoms with Crippen LogP contribution in [0.5, 0.6) is 0 Å². The van der Waals surface area contributed by atoms with E-state index in [1.807, 2.05) is 0 Å². The van der Waals surface area contributed by atoms with Gasteiger partial charge in [0.25, 0.3) is 0 Å². The average Bonchev–Trinajstić information content (AvgIpc) is 1.66. The molecule has 0 N–H and O–H groups in total. The first-order valence-electron chi connectivity index (χ1n) is 2.16. The van der Waals surface area contributed by atoms with Gasteiger partial charge in [-0.15, -0.1) is 0 Å². The van der Waals surface area contributed by atoms with Gasteiger partial charge in [-0.1, -0.05) is 0 Å². The lowest BCUT2D eigenvalue weighted by atomic mass is 10.3. The smallest absolute Gasteiger partial charge is 0.172 e. The molecule has 0 saturated heterocycles. The van der Waals surface area contributed by atoms with Gasteiger partial charge in [0, 0.05) is 0 Å². The second-order valence-corrected chi connectivity index (χ2v) is 1.33. The minimum Gasteiger partial charge on any atom is -0.493 e. The number of methoxy groups -OCH3 is 1. The van der Waals surface area contributed by atoms with E-state index >= 15 is 0 Å². The number of allylic oxidation sites excluding steroid dienone is 2. The van der Waals surface area contributed by atoms with Crippen LogP contribution in [0.2, 0.25) is 0 Å². The van der Waals surface area contributed by atoms with Gasteiger partial charge in [0.1, 0.15) is 5.70 Å². The van der Waals surface area contributed by atoms with Crippen LogP contribution in [-0.4, -0.2) is 19.6 Å². The van der Waals surface area contributed by atoms with Crippen LogP contribution in [-0.2, 0) is 9.53 Å². The van der Waals surface area contributed by atoms with E-state index in [1.165, 1.54) is 13.3 Å². The molecular formula is C5H5NO2. The molecule has 0 radical (unpaired) electrons. The summed E-state index contributed by atoms with van der Waals surface area (Å²) in [5.41, 5.74) is 0.396. The van der Waals surface area contributed by atoms with E-state index in [9.17, 15) is 4.79 Å². The molecule has 1 rings (SSSR count). The molecule has 0 saturated carbocycles. The Labute approximate surface area is 46.7 Å². The molecule has 0 unspecified atom stereocenters. The highest BCUT2D eigenvalue weighted by Crippen LogP contribution is 2.10. The monoisotopic (exact) mass is 111 g/mol. The van der Waals surface area contributed by atoms with Crippen molar-refractivity contribution in [1.82, 2.24) is 0 Å². The number of rotatable bonds is 2. The van der Waals surface area contributed by atoms with Gasteiger partial charge in [0.15, 0.2) is 12.0 Å². The van der Waals surface area contributed by atoms with E-state index in [0.717, 1.165) is 0 Å². The quantitative estimate of drug-likeness (QED) is 0.475. The summed E-state index contributed by atoms with van der Waals surface area (Å²) in [5, 5.41) is 0. The second-order valence-electron chi connectivity index (χ2n) is 1.33. The van der Waals surface area contributed by atoms with Gasteiger partial charge in [-0.25, -0.2) is 4.99 Å². The number of aldehydes is 1. The molecule has 0 spiro atoms. The van der Waals surface area contributed by atoms with Crippen LogP contribution in [0.25, 0.3) is 0 Å². The number of aliphatic imine (C=N–C) groups is 1.